The molecule has 4 aromatic heterocycles. The largest absolute Gasteiger partial charge is 0.603 e. The van der Waals surface area contributed by atoms with E-state index in [0.717, 1.165) is 18.0 Å². The molecule has 62 heavy (non-hydrogen) atoms. The molecule has 11 atom stereocenters. The van der Waals surface area contributed by atoms with Gasteiger partial charge in [-0.2, -0.15) is 19.3 Å². The van der Waals surface area contributed by atoms with Crippen LogP contribution >= 0.6 is 35.8 Å². The van der Waals surface area contributed by atoms with E-state index in [4.69, 9.17) is 46.5 Å². The molecular weight excluding hydrogens is 921 g/mol. The summed E-state index contributed by atoms with van der Waals surface area (Å²) in [6.45, 7) is -1.95. The van der Waals surface area contributed by atoms with E-state index < -0.39 is 97.6 Å². The number of nitrogens with one attached hydrogen (secondary N) is 2. The fourth-order valence-corrected chi connectivity index (χ4v) is 10.2. The molecule has 6 heterocycles. The van der Waals surface area contributed by atoms with E-state index in [1.807, 2.05) is 0 Å². The number of aromatic nitrogens is 8. The number of aliphatic hydroxyl groups is 3. The van der Waals surface area contributed by atoms with Crippen molar-refractivity contribution < 1.29 is 85.5 Å². The first-order valence-corrected chi connectivity index (χ1v) is 22.5. The maximum absolute atomic E-state index is 13.0. The normalized spacial score (nSPS) is 27.1. The molecular formula is C29H37ClN10O19P3+. The number of ether oxygens (including phenoxy) is 4. The smallest absolute Gasteiger partial charge is 0.511 e. The zero-order valence-corrected chi connectivity index (χ0v) is 34.9. The van der Waals surface area contributed by atoms with Crippen LogP contribution in [0.5, 0.6) is 5.75 Å². The van der Waals surface area contributed by atoms with E-state index in [1.54, 1.807) is 24.3 Å². The summed E-state index contributed by atoms with van der Waals surface area (Å²) in [7, 11) is -16.3. The Morgan fingerprint density at radius 3 is 2.39 bits per heavy atom. The van der Waals surface area contributed by atoms with Crippen LogP contribution < -0.4 is 41.7 Å². The molecule has 12 N–H and O–H groups in total. The molecule has 2 aliphatic rings. The molecule has 0 aliphatic carbocycles. The maximum Gasteiger partial charge on any atom is 0.511 e. The second-order valence-electron chi connectivity index (χ2n) is 13.4. The highest BCUT2D eigenvalue weighted by molar-refractivity contribution is 7.71. The number of phosphoric ester groups is 2. The number of benzene rings is 1. The second-order valence-corrected chi connectivity index (χ2v) is 18.5. The second kappa shape index (κ2) is 17.9. The lowest BCUT2D eigenvalue weighted by atomic mass is 10.1. The molecule has 0 amide bonds. The number of rotatable bonds is 17. The average Bonchev–Trinajstić information content (AvgIpc) is 3.92. The molecule has 2 saturated heterocycles. The summed E-state index contributed by atoms with van der Waals surface area (Å²) in [6, 6.07) is 6.53. The Labute approximate surface area is 351 Å². The SMILES string of the molecule is CO[C@H]1[C@@H](O)[C@H]([n+]2cn(CCOc3ccc(Cl)cc3)c3c(=O)[nH]c(N)nc32)O[C@@H]1COP(=O)(O)O[P+]([O-])(O)O[P+]([O-])(O)OC[C@H]1O[C@@H](n2cnc3c(=O)[nH]c(N)nc32)[C@H](O)[C@@H]1O. The number of halogens is 1. The van der Waals surface area contributed by atoms with Gasteiger partial charge in [-0.1, -0.05) is 20.9 Å². The summed E-state index contributed by atoms with van der Waals surface area (Å²) in [4.78, 5) is 97.6. The van der Waals surface area contributed by atoms with Gasteiger partial charge in [0.15, 0.2) is 23.7 Å². The van der Waals surface area contributed by atoms with Crippen molar-refractivity contribution in [3.8, 4) is 5.75 Å². The van der Waals surface area contributed by atoms with Crippen molar-refractivity contribution in [3.05, 3.63) is 62.7 Å². The van der Waals surface area contributed by atoms with Crippen LogP contribution in [0.2, 0.25) is 5.02 Å². The van der Waals surface area contributed by atoms with Crippen LogP contribution in [-0.4, -0.2) is 128 Å². The van der Waals surface area contributed by atoms with Crippen LogP contribution in [0.3, 0.4) is 0 Å². The summed E-state index contributed by atoms with van der Waals surface area (Å²) in [6.07, 6.45) is -10.1. The zero-order valence-electron chi connectivity index (χ0n) is 31.5. The Bertz CT molecular complexity index is 2580. The number of nitrogens with zero attached hydrogens (tertiary/aromatic N) is 6. The third kappa shape index (κ3) is 9.91. The van der Waals surface area contributed by atoms with E-state index >= 15 is 0 Å². The number of hydrogen-bond donors (Lipinski definition) is 10. The summed E-state index contributed by atoms with van der Waals surface area (Å²) in [5, 5.41) is 32.8. The van der Waals surface area contributed by atoms with Gasteiger partial charge in [0.25, 0.3) is 17.1 Å². The zero-order chi connectivity index (χ0) is 44.9. The van der Waals surface area contributed by atoms with Gasteiger partial charge < -0.3 is 60.4 Å². The number of imidazole rings is 2. The molecule has 2 aliphatic heterocycles. The third-order valence-electron chi connectivity index (χ3n) is 9.24. The lowest BCUT2D eigenvalue weighted by Crippen LogP contribution is -2.46. The van der Waals surface area contributed by atoms with Crippen molar-refractivity contribution in [3.63, 3.8) is 0 Å². The molecule has 29 nitrogen and oxygen atoms in total. The number of hydrogen-bond acceptors (Lipinski definition) is 23. The summed E-state index contributed by atoms with van der Waals surface area (Å²) in [5.74, 6) is -0.105. The minimum atomic E-state index is -6.03. The van der Waals surface area contributed by atoms with Crippen LogP contribution in [0.25, 0.3) is 22.3 Å². The predicted molar refractivity (Wildman–Crippen MR) is 203 cm³/mol. The van der Waals surface area contributed by atoms with E-state index in [0.29, 0.717) is 10.8 Å². The van der Waals surface area contributed by atoms with Gasteiger partial charge in [-0.25, -0.2) is 14.1 Å². The first-order chi connectivity index (χ1) is 29.2. The minimum absolute atomic E-state index is 0.000190. The van der Waals surface area contributed by atoms with Gasteiger partial charge in [0.1, 0.15) is 62.1 Å². The highest BCUT2D eigenvalue weighted by Gasteiger charge is 2.54. The topological polar surface area (TPSA) is 429 Å². The summed E-state index contributed by atoms with van der Waals surface area (Å²) < 4.78 is 56.8. The van der Waals surface area contributed by atoms with E-state index in [9.17, 15) is 53.9 Å². The minimum Gasteiger partial charge on any atom is -0.603 e. The van der Waals surface area contributed by atoms with Crippen LogP contribution in [-0.2, 0) is 43.0 Å². The molecule has 3 unspecified atom stereocenters. The molecule has 1 aromatic carbocycles. The van der Waals surface area contributed by atoms with E-state index in [1.165, 1.54) is 15.5 Å². The molecule has 7 rings (SSSR count). The Hall–Kier alpha value is -3.90. The molecule has 0 saturated carbocycles. The number of methoxy groups -OCH3 is 1. The van der Waals surface area contributed by atoms with E-state index in [-0.39, 0.29) is 47.4 Å². The van der Waals surface area contributed by atoms with Gasteiger partial charge in [0.2, 0.25) is 17.7 Å². The number of nitrogen functional groups attached to an aromatic ring is 2. The Morgan fingerprint density at radius 2 is 1.68 bits per heavy atom. The maximum atomic E-state index is 13.0. The van der Waals surface area contributed by atoms with Crippen LogP contribution in [0, 0.1) is 0 Å². The molecule has 0 spiro atoms. The molecule has 0 bridgehead atoms. The highest BCUT2D eigenvalue weighted by atomic mass is 35.5. The van der Waals surface area contributed by atoms with Crippen molar-refractivity contribution in [2.24, 2.45) is 0 Å². The van der Waals surface area contributed by atoms with Gasteiger partial charge in [-0.15, -0.1) is 0 Å². The number of fused-ring (bicyclic) bond motifs is 2. The standard InChI is InChI=1S/C29H36ClN10O19P3/c1-52-21-15(57-27(20(21)43)40-11-38(17-23(40)35-29(32)37-25(17)45)6-7-53-13-4-2-12(30)3-5-13)9-55-61(48,49)59-62(50,51)58-60(46,47)54-8-14-18(41)19(42)26(56-14)39-10-33-16-22(39)34-28(31)36-24(16)44/h2-5,10-11,14-15,18-21,26-27,41-43H,6-9H2,1H3,(H8-,31,32,34,35,36,37,44,45,46,47,48,49,50,51)/p+1/t14-,15-,18-,19-,20-,21-,26-,27-/m1/s1. The molecule has 5 aromatic rings. The van der Waals surface area contributed by atoms with Gasteiger partial charge in [-0.3, -0.25) is 33.2 Å². The van der Waals surface area contributed by atoms with Gasteiger partial charge in [0.05, 0.1) is 12.9 Å². The number of aromatic amines is 2. The third-order valence-corrected chi connectivity index (χ3v) is 13.7. The van der Waals surface area contributed by atoms with Crippen molar-refractivity contribution >= 4 is 70.0 Å². The average molecular weight is 958 g/mol. The fraction of sp³-hybridized carbons (Fsp3) is 0.448. The van der Waals surface area contributed by atoms with Crippen molar-refractivity contribution in [2.45, 2.75) is 55.6 Å². The number of H-pyrrole nitrogens is 2. The Kier molecular flexibility index (Phi) is 13.3. The highest BCUT2D eigenvalue weighted by Crippen LogP contribution is 2.71. The van der Waals surface area contributed by atoms with Gasteiger partial charge in [-0.05, 0) is 24.3 Å². The predicted octanol–water partition coefficient (Wildman–Crippen LogP) is -3.84. The lowest BCUT2D eigenvalue weighted by molar-refractivity contribution is -0.746. The Balaban J connectivity index is 0.964. The monoisotopic (exact) mass is 957 g/mol. The number of aliphatic hydroxyl groups excluding tert-OH is 3. The summed E-state index contributed by atoms with van der Waals surface area (Å²) >= 11 is 5.92. The lowest BCUT2D eigenvalue weighted by Gasteiger charge is -2.26. The molecule has 33 heteroatoms. The quantitative estimate of drug-likeness (QED) is 0.0315. The van der Waals surface area contributed by atoms with Crippen LogP contribution in [0.1, 0.15) is 12.5 Å². The molecule has 338 valence electrons. The number of nitrogens with two attached hydrogens (primary N) is 2. The molecule has 0 radical (unpaired) electrons. The summed E-state index contributed by atoms with van der Waals surface area (Å²) in [5.41, 5.74) is 9.59. The van der Waals surface area contributed by atoms with Gasteiger partial charge in [0, 0.05) is 16.4 Å². The van der Waals surface area contributed by atoms with Gasteiger partial charge >= 0.3 is 29.8 Å². The van der Waals surface area contributed by atoms with E-state index in [2.05, 4.69) is 38.1 Å². The Morgan fingerprint density at radius 1 is 0.984 bits per heavy atom. The number of anilines is 2. The van der Waals surface area contributed by atoms with Crippen molar-refractivity contribution in [1.82, 2.24) is 34.1 Å². The van der Waals surface area contributed by atoms with Crippen molar-refractivity contribution in [1.29, 1.82) is 0 Å². The van der Waals surface area contributed by atoms with Crippen molar-refractivity contribution in [2.75, 3.05) is 38.4 Å². The fourth-order valence-electron chi connectivity index (χ4n) is 6.58. The molecule has 2 fully saturated rings. The first kappa shape index (κ1) is 46.1. The van der Waals surface area contributed by atoms with Crippen LogP contribution in [0.15, 0.2) is 46.5 Å². The van der Waals surface area contributed by atoms with Crippen LogP contribution in [0.4, 0.5) is 11.9 Å². The first-order valence-electron chi connectivity index (χ1n) is 17.6. The number of phosphoric acid groups is 3.